The Bertz CT molecular complexity index is 573. The Morgan fingerprint density at radius 1 is 1.35 bits per heavy atom. The number of halogens is 3. The van der Waals surface area contributed by atoms with E-state index in [-0.39, 0.29) is 37.2 Å². The number of rotatable bonds is 3. The van der Waals surface area contributed by atoms with Crippen LogP contribution >= 0.6 is 37.2 Å². The monoisotopic (exact) mass is 337 g/mol. The first-order valence-corrected chi connectivity index (χ1v) is 5.60. The van der Waals surface area contributed by atoms with E-state index in [1.165, 1.54) is 0 Å². The van der Waals surface area contributed by atoms with E-state index in [1.54, 1.807) is 23.0 Å². The van der Waals surface area contributed by atoms with Gasteiger partial charge in [-0.25, -0.2) is 9.50 Å². The lowest BCUT2D eigenvalue weighted by molar-refractivity contribution is 0.733. The van der Waals surface area contributed by atoms with Crippen molar-refractivity contribution in [3.63, 3.8) is 0 Å². The van der Waals surface area contributed by atoms with Crippen LogP contribution in [0.2, 0.25) is 0 Å². The average molecular weight is 339 g/mol. The summed E-state index contributed by atoms with van der Waals surface area (Å²) in [5, 5.41) is 7.39. The number of hydrogen-bond acceptors (Lipinski definition) is 4. The van der Waals surface area contributed by atoms with Crippen LogP contribution in [0.3, 0.4) is 0 Å². The zero-order valence-corrected chi connectivity index (χ0v) is 13.4. The van der Waals surface area contributed by atoms with E-state index in [9.17, 15) is 0 Å². The molecule has 0 aliphatic carbocycles. The van der Waals surface area contributed by atoms with E-state index in [2.05, 4.69) is 34.2 Å². The summed E-state index contributed by atoms with van der Waals surface area (Å²) in [6, 6.07) is 1.73. The number of nitrogen functional groups attached to an aromatic ring is 1. The van der Waals surface area contributed by atoms with Gasteiger partial charge in [0.05, 0.1) is 18.1 Å². The van der Waals surface area contributed by atoms with Crippen LogP contribution in [0, 0.1) is 11.8 Å². The van der Waals surface area contributed by atoms with Crippen molar-refractivity contribution in [1.82, 2.24) is 19.9 Å². The van der Waals surface area contributed by atoms with Crippen LogP contribution in [0.1, 0.15) is 19.0 Å². The van der Waals surface area contributed by atoms with Gasteiger partial charge < -0.3 is 11.1 Å². The lowest BCUT2D eigenvalue weighted by Gasteiger charge is -1.96. The van der Waals surface area contributed by atoms with Crippen molar-refractivity contribution in [2.75, 3.05) is 18.8 Å². The van der Waals surface area contributed by atoms with Gasteiger partial charge in [-0.3, -0.25) is 0 Å². The minimum absolute atomic E-state index is 0. The first-order chi connectivity index (χ1) is 8.33. The highest BCUT2D eigenvalue weighted by molar-refractivity contribution is 5.86. The van der Waals surface area contributed by atoms with Crippen LogP contribution in [0.25, 0.3) is 5.65 Å². The fourth-order valence-electron chi connectivity index (χ4n) is 1.48. The summed E-state index contributed by atoms with van der Waals surface area (Å²) in [7, 11) is 0. The van der Waals surface area contributed by atoms with Crippen LogP contribution in [0.5, 0.6) is 0 Å². The summed E-state index contributed by atoms with van der Waals surface area (Å²) in [5.74, 6) is 6.13. The van der Waals surface area contributed by atoms with E-state index in [4.69, 9.17) is 5.73 Å². The normalized spacial score (nSPS) is 8.65. The molecule has 0 amide bonds. The van der Waals surface area contributed by atoms with Gasteiger partial charge in [-0.05, 0) is 18.5 Å². The van der Waals surface area contributed by atoms with Crippen LogP contribution in [-0.4, -0.2) is 27.7 Å². The number of nitrogens with two attached hydrogens (primary N) is 1. The molecule has 0 aromatic carbocycles. The van der Waals surface area contributed by atoms with Gasteiger partial charge in [-0.15, -0.1) is 37.2 Å². The second-order valence-corrected chi connectivity index (χ2v) is 3.57. The Labute approximate surface area is 136 Å². The molecule has 20 heavy (non-hydrogen) atoms. The molecule has 112 valence electrons. The zero-order valence-electron chi connectivity index (χ0n) is 11.0. The largest absolute Gasteiger partial charge is 0.396 e. The highest BCUT2D eigenvalue weighted by atomic mass is 35.5. The van der Waals surface area contributed by atoms with E-state index in [0.29, 0.717) is 11.3 Å². The fourth-order valence-corrected chi connectivity index (χ4v) is 1.48. The second-order valence-electron chi connectivity index (χ2n) is 3.57. The average Bonchev–Trinajstić information content (AvgIpc) is 2.74. The van der Waals surface area contributed by atoms with Crippen molar-refractivity contribution in [3.05, 3.63) is 24.2 Å². The van der Waals surface area contributed by atoms with Gasteiger partial charge in [0, 0.05) is 13.0 Å². The number of nitrogens with zero attached hydrogens (tertiary/aromatic N) is 3. The molecule has 2 rings (SSSR count). The summed E-state index contributed by atoms with van der Waals surface area (Å²) in [5.41, 5.74) is 7.82. The molecule has 3 N–H and O–H groups in total. The topological polar surface area (TPSA) is 68.2 Å². The molecule has 0 saturated heterocycles. The predicted octanol–water partition coefficient (Wildman–Crippen LogP) is 1.93. The maximum Gasteiger partial charge on any atom is 0.178 e. The van der Waals surface area contributed by atoms with Gasteiger partial charge in [0.25, 0.3) is 0 Å². The predicted molar refractivity (Wildman–Crippen MR) is 89.2 cm³/mol. The van der Waals surface area contributed by atoms with Crippen molar-refractivity contribution in [1.29, 1.82) is 0 Å². The molecule has 0 aliphatic heterocycles. The van der Waals surface area contributed by atoms with Gasteiger partial charge in [-0.1, -0.05) is 12.8 Å². The molecular formula is C12H18Cl3N5. The van der Waals surface area contributed by atoms with Crippen LogP contribution < -0.4 is 11.1 Å². The standard InChI is InChI=1S/C12H15N5.3ClH/c1-2-14-7-4-3-5-10-9-15-12-11(13)6-8-16-17(10)12;;;/h6,8-9,14H,2,4,7,13H2,1H3;3*1H. The van der Waals surface area contributed by atoms with Gasteiger partial charge >= 0.3 is 0 Å². The van der Waals surface area contributed by atoms with E-state index >= 15 is 0 Å². The van der Waals surface area contributed by atoms with Crippen molar-refractivity contribution in [2.24, 2.45) is 0 Å². The first kappa shape index (κ1) is 21.1. The minimum Gasteiger partial charge on any atom is -0.396 e. The molecule has 0 atom stereocenters. The molecule has 8 heteroatoms. The highest BCUT2D eigenvalue weighted by Gasteiger charge is 2.03. The van der Waals surface area contributed by atoms with E-state index < -0.39 is 0 Å². The Balaban J connectivity index is 0. The molecule has 0 unspecified atom stereocenters. The fraction of sp³-hybridized carbons (Fsp3) is 0.333. The number of fused-ring (bicyclic) bond motifs is 1. The quantitative estimate of drug-likeness (QED) is 0.663. The second kappa shape index (κ2) is 10.6. The van der Waals surface area contributed by atoms with Crippen molar-refractivity contribution in [2.45, 2.75) is 13.3 Å². The summed E-state index contributed by atoms with van der Waals surface area (Å²) in [6.07, 6.45) is 4.15. The number of aromatic nitrogens is 3. The smallest absolute Gasteiger partial charge is 0.178 e. The molecule has 2 aromatic rings. The number of hydrogen-bond donors (Lipinski definition) is 2. The number of imidazole rings is 1. The maximum atomic E-state index is 5.78. The van der Waals surface area contributed by atoms with Gasteiger partial charge in [0.15, 0.2) is 5.65 Å². The third kappa shape index (κ3) is 5.06. The number of nitrogens with one attached hydrogen (secondary N) is 1. The maximum absolute atomic E-state index is 5.78. The zero-order chi connectivity index (χ0) is 12.1. The van der Waals surface area contributed by atoms with Crippen LogP contribution in [0.15, 0.2) is 18.5 Å². The summed E-state index contributed by atoms with van der Waals surface area (Å²) >= 11 is 0. The molecule has 0 saturated carbocycles. The van der Waals surface area contributed by atoms with Crippen molar-refractivity contribution in [3.8, 4) is 11.8 Å². The Morgan fingerprint density at radius 3 is 2.80 bits per heavy atom. The Hall–Kier alpha value is -1.19. The highest BCUT2D eigenvalue weighted by Crippen LogP contribution is 2.10. The third-order valence-electron chi connectivity index (χ3n) is 2.33. The molecule has 2 heterocycles. The first-order valence-electron chi connectivity index (χ1n) is 5.60. The summed E-state index contributed by atoms with van der Waals surface area (Å²) < 4.78 is 1.66. The summed E-state index contributed by atoms with van der Waals surface area (Å²) in [4.78, 5) is 4.19. The van der Waals surface area contributed by atoms with Crippen molar-refractivity contribution < 1.29 is 0 Å². The molecule has 0 radical (unpaired) electrons. The Kier molecular flexibility index (Phi) is 11.2. The van der Waals surface area contributed by atoms with Gasteiger partial charge in [-0.2, -0.15) is 5.10 Å². The van der Waals surface area contributed by atoms with Gasteiger partial charge in [0.2, 0.25) is 0 Å². The van der Waals surface area contributed by atoms with Crippen LogP contribution in [0.4, 0.5) is 5.69 Å². The lowest BCUT2D eigenvalue weighted by atomic mass is 10.4. The molecule has 5 nitrogen and oxygen atoms in total. The Morgan fingerprint density at radius 2 is 2.10 bits per heavy atom. The SMILES string of the molecule is CCNCCC#Cc1cnc2c(N)ccnn12.Cl.Cl.Cl. The minimum atomic E-state index is 0. The molecule has 2 aromatic heterocycles. The molecule has 0 bridgehead atoms. The molecule has 0 fully saturated rings. The molecule has 0 spiro atoms. The lowest BCUT2D eigenvalue weighted by Crippen LogP contribution is -2.13. The van der Waals surface area contributed by atoms with Crippen molar-refractivity contribution >= 4 is 48.6 Å². The van der Waals surface area contributed by atoms with E-state index in [0.717, 1.165) is 25.2 Å². The molecular weight excluding hydrogens is 321 g/mol. The molecule has 0 aliphatic rings. The number of anilines is 1. The third-order valence-corrected chi connectivity index (χ3v) is 2.33. The summed E-state index contributed by atoms with van der Waals surface area (Å²) in [6.45, 7) is 3.94. The van der Waals surface area contributed by atoms with E-state index in [1.807, 2.05) is 0 Å². The van der Waals surface area contributed by atoms with Crippen LogP contribution in [-0.2, 0) is 0 Å². The van der Waals surface area contributed by atoms with Gasteiger partial charge in [0.1, 0.15) is 5.69 Å².